The Morgan fingerprint density at radius 3 is 2.76 bits per heavy atom. The standard InChI is InChI=1S/C15H16F3NO2/c16-15(17,18)14(7-8-21-9-14)19-13(20)12-6-2-4-10-3-1-5-11(10)12/h2,4,6H,1,3,5,7-9H2,(H,19,20). The highest BCUT2D eigenvalue weighted by Gasteiger charge is 2.58. The average Bonchev–Trinajstić information content (AvgIpc) is 3.05. The third kappa shape index (κ3) is 2.41. The summed E-state index contributed by atoms with van der Waals surface area (Å²) in [4.78, 5) is 12.3. The number of fused-ring (bicyclic) bond motifs is 1. The molecule has 0 saturated carbocycles. The van der Waals surface area contributed by atoms with Gasteiger partial charge in [-0.05, 0) is 36.5 Å². The van der Waals surface area contributed by atoms with Crippen molar-refractivity contribution in [1.29, 1.82) is 0 Å². The second-order valence-corrected chi connectivity index (χ2v) is 5.63. The minimum atomic E-state index is -4.52. The molecule has 6 heteroatoms. The van der Waals surface area contributed by atoms with Crippen molar-refractivity contribution in [3.63, 3.8) is 0 Å². The molecule has 1 fully saturated rings. The highest BCUT2D eigenvalue weighted by molar-refractivity contribution is 5.96. The lowest BCUT2D eigenvalue weighted by Crippen LogP contribution is -2.59. The van der Waals surface area contributed by atoms with E-state index < -0.39 is 24.2 Å². The number of aryl methyl sites for hydroxylation is 1. The Balaban J connectivity index is 1.88. The van der Waals surface area contributed by atoms with Crippen LogP contribution in [-0.2, 0) is 17.6 Å². The van der Waals surface area contributed by atoms with Gasteiger partial charge < -0.3 is 10.1 Å². The van der Waals surface area contributed by atoms with Crippen LogP contribution in [0.25, 0.3) is 0 Å². The van der Waals surface area contributed by atoms with Gasteiger partial charge in [0.2, 0.25) is 0 Å². The maximum Gasteiger partial charge on any atom is 0.413 e. The molecule has 114 valence electrons. The molecule has 1 aromatic carbocycles. The van der Waals surface area contributed by atoms with Gasteiger partial charge in [-0.25, -0.2) is 0 Å². The molecule has 1 aliphatic carbocycles. The van der Waals surface area contributed by atoms with Crippen molar-refractivity contribution in [2.75, 3.05) is 13.2 Å². The van der Waals surface area contributed by atoms with Crippen LogP contribution in [0, 0.1) is 0 Å². The van der Waals surface area contributed by atoms with E-state index in [0.717, 1.165) is 30.4 Å². The zero-order valence-electron chi connectivity index (χ0n) is 11.4. The van der Waals surface area contributed by atoms with Crippen LogP contribution in [0.3, 0.4) is 0 Å². The second-order valence-electron chi connectivity index (χ2n) is 5.63. The van der Waals surface area contributed by atoms with Crippen molar-refractivity contribution >= 4 is 5.91 Å². The van der Waals surface area contributed by atoms with Crippen molar-refractivity contribution in [3.05, 3.63) is 34.9 Å². The minimum Gasteiger partial charge on any atom is -0.379 e. The summed E-state index contributed by atoms with van der Waals surface area (Å²) in [5, 5.41) is 2.19. The molecule has 2 aliphatic rings. The van der Waals surface area contributed by atoms with E-state index in [0.29, 0.717) is 5.56 Å². The second kappa shape index (κ2) is 5.02. The van der Waals surface area contributed by atoms with Gasteiger partial charge in [0.1, 0.15) is 0 Å². The van der Waals surface area contributed by atoms with Gasteiger partial charge in [0.15, 0.2) is 5.54 Å². The summed E-state index contributed by atoms with van der Waals surface area (Å²) in [5.41, 5.74) is 0.0453. The number of ether oxygens (including phenoxy) is 1. The number of rotatable bonds is 2. The lowest BCUT2D eigenvalue weighted by Gasteiger charge is -2.31. The predicted octanol–water partition coefficient (Wildman–Crippen LogP) is 2.63. The van der Waals surface area contributed by atoms with Gasteiger partial charge in [-0.2, -0.15) is 13.2 Å². The quantitative estimate of drug-likeness (QED) is 0.911. The van der Waals surface area contributed by atoms with Gasteiger partial charge in [0.25, 0.3) is 5.91 Å². The summed E-state index contributed by atoms with van der Waals surface area (Å²) in [7, 11) is 0. The Labute approximate surface area is 120 Å². The summed E-state index contributed by atoms with van der Waals surface area (Å²) >= 11 is 0. The molecule has 3 rings (SSSR count). The maximum atomic E-state index is 13.3. The largest absolute Gasteiger partial charge is 0.413 e. The highest BCUT2D eigenvalue weighted by Crippen LogP contribution is 2.37. The molecule has 1 saturated heterocycles. The third-order valence-corrected chi connectivity index (χ3v) is 4.31. The number of hydrogen-bond acceptors (Lipinski definition) is 2. The van der Waals surface area contributed by atoms with Crippen LogP contribution in [-0.4, -0.2) is 30.8 Å². The fraction of sp³-hybridized carbons (Fsp3) is 0.533. The molecule has 0 bridgehead atoms. The Hall–Kier alpha value is -1.56. The number of carbonyl (C=O) groups is 1. The summed E-state index contributed by atoms with van der Waals surface area (Å²) in [6.45, 7) is -0.510. The van der Waals surface area contributed by atoms with E-state index in [1.165, 1.54) is 0 Å². The fourth-order valence-electron chi connectivity index (χ4n) is 3.08. The smallest absolute Gasteiger partial charge is 0.379 e. The van der Waals surface area contributed by atoms with E-state index >= 15 is 0 Å². The van der Waals surface area contributed by atoms with Gasteiger partial charge in [-0.15, -0.1) is 0 Å². The van der Waals surface area contributed by atoms with Gasteiger partial charge >= 0.3 is 6.18 Å². The molecule has 1 amide bonds. The molecular formula is C15H16F3NO2. The molecule has 0 radical (unpaired) electrons. The van der Waals surface area contributed by atoms with Crippen molar-refractivity contribution < 1.29 is 22.7 Å². The van der Waals surface area contributed by atoms with Crippen molar-refractivity contribution in [1.82, 2.24) is 5.32 Å². The zero-order valence-corrected chi connectivity index (χ0v) is 11.4. The Morgan fingerprint density at radius 2 is 2.10 bits per heavy atom. The van der Waals surface area contributed by atoms with Crippen LogP contribution in [0.5, 0.6) is 0 Å². The molecule has 1 N–H and O–H groups in total. The molecule has 3 nitrogen and oxygen atoms in total. The van der Waals surface area contributed by atoms with E-state index in [1.54, 1.807) is 12.1 Å². The normalized spacial score (nSPS) is 24.9. The number of nitrogens with one attached hydrogen (secondary N) is 1. The molecule has 0 aromatic heterocycles. The molecule has 1 heterocycles. The molecule has 1 atom stereocenters. The van der Waals surface area contributed by atoms with E-state index in [4.69, 9.17) is 4.74 Å². The van der Waals surface area contributed by atoms with Crippen LogP contribution in [0.4, 0.5) is 13.2 Å². The molecule has 0 spiro atoms. The van der Waals surface area contributed by atoms with Crippen LogP contribution in [0.2, 0.25) is 0 Å². The predicted molar refractivity (Wildman–Crippen MR) is 70.2 cm³/mol. The first kappa shape index (κ1) is 14.4. The Kier molecular flexibility index (Phi) is 3.43. The lowest BCUT2D eigenvalue weighted by molar-refractivity contribution is -0.192. The molecular weight excluding hydrogens is 283 g/mol. The number of carbonyl (C=O) groups excluding carboxylic acids is 1. The van der Waals surface area contributed by atoms with Gasteiger partial charge in [-0.3, -0.25) is 4.79 Å². The van der Waals surface area contributed by atoms with Crippen molar-refractivity contribution in [2.24, 2.45) is 0 Å². The number of amides is 1. The fourth-order valence-corrected chi connectivity index (χ4v) is 3.08. The summed E-state index contributed by atoms with van der Waals surface area (Å²) in [6, 6.07) is 5.25. The van der Waals surface area contributed by atoms with E-state index in [1.807, 2.05) is 6.07 Å². The Morgan fingerprint density at radius 1 is 1.29 bits per heavy atom. The van der Waals surface area contributed by atoms with Crippen LogP contribution in [0.1, 0.15) is 34.3 Å². The van der Waals surface area contributed by atoms with Crippen molar-refractivity contribution in [3.8, 4) is 0 Å². The first-order chi connectivity index (χ1) is 9.93. The van der Waals surface area contributed by atoms with Gasteiger partial charge in [0.05, 0.1) is 6.61 Å². The molecule has 1 unspecified atom stereocenters. The number of halogens is 3. The average molecular weight is 299 g/mol. The molecule has 1 aromatic rings. The molecule has 21 heavy (non-hydrogen) atoms. The third-order valence-electron chi connectivity index (χ3n) is 4.31. The van der Waals surface area contributed by atoms with Crippen LogP contribution in [0.15, 0.2) is 18.2 Å². The van der Waals surface area contributed by atoms with Crippen LogP contribution < -0.4 is 5.32 Å². The first-order valence-corrected chi connectivity index (χ1v) is 7.01. The van der Waals surface area contributed by atoms with Gasteiger partial charge in [-0.1, -0.05) is 12.1 Å². The van der Waals surface area contributed by atoms with Crippen molar-refractivity contribution in [2.45, 2.75) is 37.4 Å². The SMILES string of the molecule is O=C(NC1(C(F)(F)F)CCOC1)c1cccc2c1CCC2. The topological polar surface area (TPSA) is 38.3 Å². The maximum absolute atomic E-state index is 13.3. The number of alkyl halides is 3. The zero-order chi connectivity index (χ0) is 15.1. The van der Waals surface area contributed by atoms with E-state index in [2.05, 4.69) is 5.32 Å². The summed E-state index contributed by atoms with van der Waals surface area (Å²) in [6.07, 6.45) is -2.19. The number of hydrogen-bond donors (Lipinski definition) is 1. The highest BCUT2D eigenvalue weighted by atomic mass is 19.4. The monoisotopic (exact) mass is 299 g/mol. The minimum absolute atomic E-state index is 0.00663. The first-order valence-electron chi connectivity index (χ1n) is 7.01. The summed E-state index contributed by atoms with van der Waals surface area (Å²) < 4.78 is 44.7. The van der Waals surface area contributed by atoms with Crippen LogP contribution >= 0.6 is 0 Å². The van der Waals surface area contributed by atoms with E-state index in [9.17, 15) is 18.0 Å². The van der Waals surface area contributed by atoms with E-state index in [-0.39, 0.29) is 13.0 Å². The summed E-state index contributed by atoms with van der Waals surface area (Å²) in [5.74, 6) is -0.656. The number of benzene rings is 1. The Bertz CT molecular complexity index is 563. The molecule has 1 aliphatic heterocycles. The van der Waals surface area contributed by atoms with Gasteiger partial charge in [0, 0.05) is 18.6 Å². The lowest BCUT2D eigenvalue weighted by atomic mass is 9.96.